The molecular formula is C46H49F3N6O8S. The Morgan fingerprint density at radius 3 is 2.50 bits per heavy atom. The zero-order chi connectivity index (χ0) is 45.2. The number of piperazine rings is 1. The van der Waals surface area contributed by atoms with Crippen molar-refractivity contribution in [1.29, 1.82) is 0 Å². The number of sulfonamides is 1. The lowest BCUT2D eigenvalue weighted by molar-refractivity contribution is -0.386. The molecule has 1 amide bonds. The molecule has 8 rings (SSSR count). The number of ether oxygens (including phenoxy) is 3. The normalized spacial score (nSPS) is 17.7. The Labute approximate surface area is 368 Å². The molecule has 2 fully saturated rings. The van der Waals surface area contributed by atoms with Crippen LogP contribution in [-0.2, 0) is 20.9 Å². The summed E-state index contributed by atoms with van der Waals surface area (Å²) in [5.41, 5.74) is 2.89. The summed E-state index contributed by atoms with van der Waals surface area (Å²) in [7, 11) is -4.65. The van der Waals surface area contributed by atoms with Crippen LogP contribution in [0.4, 0.5) is 24.5 Å². The van der Waals surface area contributed by atoms with E-state index in [2.05, 4.69) is 38.3 Å². The van der Waals surface area contributed by atoms with Crippen molar-refractivity contribution in [2.45, 2.75) is 57.0 Å². The van der Waals surface area contributed by atoms with Gasteiger partial charge in [0.2, 0.25) is 0 Å². The maximum Gasteiger partial charge on any atom is 0.416 e. The summed E-state index contributed by atoms with van der Waals surface area (Å²) in [5, 5.41) is 12.8. The number of aromatic amines is 1. The van der Waals surface area contributed by atoms with E-state index >= 15 is 0 Å². The molecule has 2 saturated heterocycles. The van der Waals surface area contributed by atoms with Gasteiger partial charge in [0.1, 0.15) is 11.4 Å². The number of amides is 1. The fraction of sp³-hybridized carbons (Fsp3) is 0.391. The Bertz CT molecular complexity index is 2670. The molecule has 3 aliphatic rings. The summed E-state index contributed by atoms with van der Waals surface area (Å²) < 4.78 is 87.4. The fourth-order valence-corrected chi connectivity index (χ4v) is 9.51. The highest BCUT2D eigenvalue weighted by Crippen LogP contribution is 2.44. The molecule has 64 heavy (non-hydrogen) atoms. The van der Waals surface area contributed by atoms with Crippen LogP contribution < -0.4 is 19.1 Å². The minimum absolute atomic E-state index is 0.00343. The van der Waals surface area contributed by atoms with Crippen LogP contribution in [0.25, 0.3) is 16.6 Å². The van der Waals surface area contributed by atoms with E-state index in [9.17, 15) is 36.5 Å². The summed E-state index contributed by atoms with van der Waals surface area (Å²) in [6, 6.07) is 17.1. The topological polar surface area (TPSA) is 169 Å². The quantitative estimate of drug-likeness (QED) is 0.0855. The van der Waals surface area contributed by atoms with Crippen LogP contribution in [0.2, 0.25) is 0 Å². The monoisotopic (exact) mass is 902 g/mol. The zero-order valence-electron chi connectivity index (χ0n) is 35.4. The van der Waals surface area contributed by atoms with Gasteiger partial charge in [0.05, 0.1) is 39.4 Å². The largest absolute Gasteiger partial charge is 0.487 e. The smallest absolute Gasteiger partial charge is 0.416 e. The Balaban J connectivity index is 1.03. The summed E-state index contributed by atoms with van der Waals surface area (Å²) in [4.78, 5) is 36.8. The SMILES string of the molecule is CC1(C)CCC(CN2CCN(c3cccc(C(=O)NS(=O)(=O)c4ccc(OCC5CCOCC5)c([N+](=O)[O-])c4)c3Oc3cnc4[nH]ccc4c3)CC2)=C(c2ccc(C(F)(F)F)cc2)C1. The van der Waals surface area contributed by atoms with Crippen molar-refractivity contribution in [2.75, 3.05) is 57.4 Å². The van der Waals surface area contributed by atoms with E-state index in [1.165, 1.54) is 23.9 Å². The van der Waals surface area contributed by atoms with E-state index in [0.29, 0.717) is 63.0 Å². The Hall–Kier alpha value is -5.98. The van der Waals surface area contributed by atoms with Gasteiger partial charge in [-0.25, -0.2) is 18.1 Å². The van der Waals surface area contributed by atoms with Crippen molar-refractivity contribution in [3.05, 3.63) is 118 Å². The number of para-hydroxylation sites is 1. The molecule has 4 heterocycles. The lowest BCUT2D eigenvalue weighted by atomic mass is 9.72. The molecule has 0 bridgehead atoms. The maximum atomic E-state index is 14.1. The highest BCUT2D eigenvalue weighted by atomic mass is 32.2. The number of H-pyrrole nitrogens is 1. The van der Waals surface area contributed by atoms with Gasteiger partial charge in [-0.2, -0.15) is 13.2 Å². The molecule has 14 nitrogen and oxygen atoms in total. The molecule has 338 valence electrons. The first kappa shape index (κ1) is 44.6. The second kappa shape index (κ2) is 18.3. The van der Waals surface area contributed by atoms with Crippen LogP contribution in [0.5, 0.6) is 17.2 Å². The third kappa shape index (κ3) is 10.2. The number of carbonyl (C=O) groups is 1. The summed E-state index contributed by atoms with van der Waals surface area (Å²) in [6.45, 7) is 8.58. The second-order valence-corrected chi connectivity index (χ2v) is 19.0. The third-order valence-corrected chi connectivity index (χ3v) is 13.5. The molecule has 0 saturated carbocycles. The number of hydrogen-bond acceptors (Lipinski definition) is 11. The number of rotatable bonds is 13. The van der Waals surface area contributed by atoms with Crippen LogP contribution in [0, 0.1) is 21.4 Å². The lowest BCUT2D eigenvalue weighted by Crippen LogP contribution is -2.47. The van der Waals surface area contributed by atoms with Gasteiger partial charge in [-0.1, -0.05) is 37.6 Å². The average Bonchev–Trinajstić information content (AvgIpc) is 3.75. The number of nitro benzene ring substituents is 1. The average molecular weight is 903 g/mol. The van der Waals surface area contributed by atoms with Crippen LogP contribution in [0.3, 0.4) is 0 Å². The maximum absolute atomic E-state index is 14.1. The van der Waals surface area contributed by atoms with Gasteiger partial charge in [-0.05, 0) is 103 Å². The summed E-state index contributed by atoms with van der Waals surface area (Å²) in [6.07, 6.45) is 2.80. The number of nitro groups is 1. The standard InChI is InChI=1S/C46H49F3N6O8S/c1-45(2)16-12-33(38(26-45)31-6-8-34(9-7-31)46(47,48)49)28-53-18-20-54(21-19-53)39-5-3-4-37(42(39)63-35-24-32-13-17-50-43(32)51-27-35)44(56)52-64(59,60)36-10-11-41(40(25-36)55(57)58)62-29-30-14-22-61-23-15-30/h3-11,13,17,24-25,27,30H,12,14-16,18-23,26,28-29H2,1-2H3,(H,50,51)(H,52,56). The third-order valence-electron chi connectivity index (χ3n) is 12.2. The van der Waals surface area contributed by atoms with Gasteiger partial charge < -0.3 is 24.1 Å². The van der Waals surface area contributed by atoms with Gasteiger partial charge in [0.15, 0.2) is 11.5 Å². The molecule has 0 atom stereocenters. The van der Waals surface area contributed by atoms with Crippen LogP contribution in [-0.4, -0.2) is 86.7 Å². The Kier molecular flexibility index (Phi) is 12.7. The van der Waals surface area contributed by atoms with Crippen molar-refractivity contribution in [3.8, 4) is 17.2 Å². The fourth-order valence-electron chi connectivity index (χ4n) is 8.53. The predicted octanol–water partition coefficient (Wildman–Crippen LogP) is 8.99. The second-order valence-electron chi connectivity index (χ2n) is 17.3. The van der Waals surface area contributed by atoms with Crippen molar-refractivity contribution < 1.29 is 45.5 Å². The minimum Gasteiger partial charge on any atom is -0.487 e. The number of nitrogens with zero attached hydrogens (tertiary/aromatic N) is 4. The molecule has 1 aliphatic carbocycles. The van der Waals surface area contributed by atoms with Crippen LogP contribution >= 0.6 is 0 Å². The molecule has 0 spiro atoms. The van der Waals surface area contributed by atoms with Crippen molar-refractivity contribution >= 4 is 43.9 Å². The molecule has 2 N–H and O–H groups in total. The lowest BCUT2D eigenvalue weighted by Gasteiger charge is -2.39. The van der Waals surface area contributed by atoms with Gasteiger partial charge >= 0.3 is 11.9 Å². The predicted molar refractivity (Wildman–Crippen MR) is 234 cm³/mol. The molecule has 18 heteroatoms. The van der Waals surface area contributed by atoms with E-state index < -0.39 is 43.2 Å². The van der Waals surface area contributed by atoms with Crippen molar-refractivity contribution in [3.63, 3.8) is 0 Å². The number of allylic oxidation sites excluding steroid dienone is 1. The number of fused-ring (bicyclic) bond motifs is 1. The first-order valence-electron chi connectivity index (χ1n) is 21.2. The highest BCUT2D eigenvalue weighted by Gasteiger charge is 2.33. The molecule has 2 aromatic heterocycles. The Morgan fingerprint density at radius 2 is 1.78 bits per heavy atom. The molecule has 0 unspecified atom stereocenters. The van der Waals surface area contributed by atoms with Gasteiger partial charge in [0.25, 0.3) is 15.9 Å². The summed E-state index contributed by atoms with van der Waals surface area (Å²) >= 11 is 0. The van der Waals surface area contributed by atoms with Gasteiger partial charge in [0, 0.05) is 63.6 Å². The molecular weight excluding hydrogens is 854 g/mol. The van der Waals surface area contributed by atoms with Crippen LogP contribution in [0.15, 0.2) is 95.7 Å². The van der Waals surface area contributed by atoms with E-state index in [0.717, 1.165) is 72.9 Å². The molecule has 0 radical (unpaired) electrons. The van der Waals surface area contributed by atoms with Crippen molar-refractivity contribution in [1.82, 2.24) is 19.6 Å². The highest BCUT2D eigenvalue weighted by molar-refractivity contribution is 7.90. The number of halogens is 3. The number of nitrogens with one attached hydrogen (secondary N) is 2. The number of benzene rings is 3. The molecule has 2 aliphatic heterocycles. The number of hydrogen-bond donors (Lipinski definition) is 2. The number of alkyl halides is 3. The Morgan fingerprint density at radius 1 is 1.03 bits per heavy atom. The van der Waals surface area contributed by atoms with E-state index in [-0.39, 0.29) is 35.0 Å². The number of aromatic nitrogens is 2. The first-order chi connectivity index (χ1) is 30.5. The zero-order valence-corrected chi connectivity index (χ0v) is 36.3. The molecule has 5 aromatic rings. The summed E-state index contributed by atoms with van der Waals surface area (Å²) in [5.74, 6) is -0.583. The van der Waals surface area contributed by atoms with Crippen LogP contribution in [0.1, 0.15) is 67.4 Å². The van der Waals surface area contributed by atoms with E-state index in [1.807, 2.05) is 6.07 Å². The number of carbonyl (C=O) groups excluding carboxylic acids is 1. The van der Waals surface area contributed by atoms with Gasteiger partial charge in [-0.3, -0.25) is 19.8 Å². The van der Waals surface area contributed by atoms with Crippen molar-refractivity contribution in [2.24, 2.45) is 11.3 Å². The van der Waals surface area contributed by atoms with E-state index in [1.54, 1.807) is 36.5 Å². The minimum atomic E-state index is -4.65. The molecule has 3 aromatic carbocycles. The van der Waals surface area contributed by atoms with E-state index in [4.69, 9.17) is 14.2 Å². The number of anilines is 1. The number of pyridine rings is 1. The van der Waals surface area contributed by atoms with Gasteiger partial charge in [-0.15, -0.1) is 0 Å². The first-order valence-corrected chi connectivity index (χ1v) is 22.7.